The van der Waals surface area contributed by atoms with Gasteiger partial charge in [0.05, 0.1) is 0 Å². The molecule has 0 aromatic heterocycles. The van der Waals surface area contributed by atoms with Gasteiger partial charge in [-0.15, -0.1) is 11.6 Å². The van der Waals surface area contributed by atoms with Crippen LogP contribution in [0.25, 0.3) is 0 Å². The van der Waals surface area contributed by atoms with Gasteiger partial charge < -0.3 is 0 Å². The number of alkyl halides is 1. The van der Waals surface area contributed by atoms with E-state index >= 15 is 0 Å². The van der Waals surface area contributed by atoms with Gasteiger partial charge in [-0.2, -0.15) is 0 Å². The van der Waals surface area contributed by atoms with Crippen molar-refractivity contribution in [3.05, 3.63) is 34.1 Å². The zero-order valence-corrected chi connectivity index (χ0v) is 13.7. The van der Waals surface area contributed by atoms with Crippen LogP contribution in [0.15, 0.2) is 22.7 Å². The van der Waals surface area contributed by atoms with E-state index in [-0.39, 0.29) is 11.2 Å². The Morgan fingerprint density at radius 2 is 2.16 bits per heavy atom. The molecule has 3 unspecified atom stereocenters. The molecule has 0 spiro atoms. The second-order valence-electron chi connectivity index (χ2n) is 5.68. The van der Waals surface area contributed by atoms with Gasteiger partial charge in [-0.25, -0.2) is 4.39 Å². The lowest BCUT2D eigenvalue weighted by atomic mass is 9.76. The first-order valence-corrected chi connectivity index (χ1v) is 8.41. The highest BCUT2D eigenvalue weighted by molar-refractivity contribution is 9.10. The van der Waals surface area contributed by atoms with E-state index in [1.807, 2.05) is 0 Å². The van der Waals surface area contributed by atoms with Crippen LogP contribution < -0.4 is 0 Å². The Labute approximate surface area is 128 Å². The minimum atomic E-state index is -0.162. The highest BCUT2D eigenvalue weighted by Gasteiger charge is 2.29. The van der Waals surface area contributed by atoms with Crippen molar-refractivity contribution in [2.24, 2.45) is 11.8 Å². The van der Waals surface area contributed by atoms with Crippen molar-refractivity contribution in [1.29, 1.82) is 0 Å². The zero-order chi connectivity index (χ0) is 13.8. The molecule has 0 aliphatic heterocycles. The van der Waals surface area contributed by atoms with Crippen LogP contribution in [0.2, 0.25) is 0 Å². The summed E-state index contributed by atoms with van der Waals surface area (Å²) in [6.07, 6.45) is 6.96. The van der Waals surface area contributed by atoms with Crippen LogP contribution in [0.3, 0.4) is 0 Å². The second kappa shape index (κ2) is 7.08. The van der Waals surface area contributed by atoms with Gasteiger partial charge in [-0.05, 0) is 61.3 Å². The Bertz CT molecular complexity index is 421. The fourth-order valence-electron chi connectivity index (χ4n) is 3.19. The standard InChI is InChI=1S/C16H21BrClF/c1-2-3-11-4-7-16(18)13(8-11)9-12-10-14(19)5-6-15(12)17/h5-6,10-11,13,16H,2-4,7-9H2,1H3. The van der Waals surface area contributed by atoms with Gasteiger partial charge in [0.15, 0.2) is 0 Å². The molecule has 3 heteroatoms. The predicted octanol–water partition coefficient (Wildman–Crippen LogP) is 5.95. The molecule has 0 N–H and O–H groups in total. The zero-order valence-electron chi connectivity index (χ0n) is 11.3. The topological polar surface area (TPSA) is 0 Å². The van der Waals surface area contributed by atoms with Crippen molar-refractivity contribution in [1.82, 2.24) is 0 Å². The summed E-state index contributed by atoms with van der Waals surface area (Å²) in [5.41, 5.74) is 1.05. The summed E-state index contributed by atoms with van der Waals surface area (Å²) >= 11 is 9.99. The molecular formula is C16H21BrClF. The van der Waals surface area contributed by atoms with Gasteiger partial charge >= 0.3 is 0 Å². The monoisotopic (exact) mass is 346 g/mol. The van der Waals surface area contributed by atoms with Gasteiger partial charge in [0.1, 0.15) is 5.82 Å². The summed E-state index contributed by atoms with van der Waals surface area (Å²) in [7, 11) is 0. The lowest BCUT2D eigenvalue weighted by Crippen LogP contribution is -2.27. The number of halogens is 3. The first-order valence-electron chi connectivity index (χ1n) is 7.18. The van der Waals surface area contributed by atoms with Crippen molar-refractivity contribution < 1.29 is 4.39 Å². The Morgan fingerprint density at radius 3 is 2.89 bits per heavy atom. The quantitative estimate of drug-likeness (QED) is 0.590. The van der Waals surface area contributed by atoms with Gasteiger partial charge in [-0.3, -0.25) is 0 Å². The molecule has 0 heterocycles. The third-order valence-corrected chi connectivity index (χ3v) is 5.53. The molecule has 0 nitrogen and oxygen atoms in total. The average Bonchev–Trinajstić information content (AvgIpc) is 2.38. The smallest absolute Gasteiger partial charge is 0.123 e. The summed E-state index contributed by atoms with van der Waals surface area (Å²) in [6, 6.07) is 4.92. The van der Waals surface area contributed by atoms with Crippen LogP contribution in [0.4, 0.5) is 4.39 Å². The van der Waals surface area contributed by atoms with Crippen molar-refractivity contribution in [2.45, 2.75) is 50.8 Å². The lowest BCUT2D eigenvalue weighted by Gasteiger charge is -2.33. The van der Waals surface area contributed by atoms with Crippen molar-refractivity contribution in [3.8, 4) is 0 Å². The lowest BCUT2D eigenvalue weighted by molar-refractivity contribution is 0.257. The Kier molecular flexibility index (Phi) is 5.70. The first-order chi connectivity index (χ1) is 9.10. The van der Waals surface area contributed by atoms with E-state index in [9.17, 15) is 4.39 Å². The molecule has 1 aromatic rings. The third-order valence-electron chi connectivity index (χ3n) is 4.19. The molecule has 19 heavy (non-hydrogen) atoms. The summed E-state index contributed by atoms with van der Waals surface area (Å²) in [5.74, 6) is 1.12. The first kappa shape index (κ1) is 15.3. The average molecular weight is 348 g/mol. The number of rotatable bonds is 4. The molecule has 106 valence electrons. The van der Waals surface area contributed by atoms with Crippen LogP contribution in [0.5, 0.6) is 0 Å². The highest BCUT2D eigenvalue weighted by Crippen LogP contribution is 2.37. The van der Waals surface area contributed by atoms with Crippen molar-refractivity contribution in [2.75, 3.05) is 0 Å². The molecule has 1 fully saturated rings. The van der Waals surface area contributed by atoms with Crippen LogP contribution in [0, 0.1) is 17.7 Å². The minimum absolute atomic E-state index is 0.162. The summed E-state index contributed by atoms with van der Waals surface area (Å²) in [6.45, 7) is 2.24. The molecule has 0 saturated heterocycles. The molecular weight excluding hydrogens is 327 g/mol. The van der Waals surface area contributed by atoms with Crippen LogP contribution >= 0.6 is 27.5 Å². The minimum Gasteiger partial charge on any atom is -0.207 e. The van der Waals surface area contributed by atoms with Gasteiger partial charge in [0, 0.05) is 9.85 Å². The molecule has 0 radical (unpaired) electrons. The maximum Gasteiger partial charge on any atom is 0.123 e. The van der Waals surface area contributed by atoms with E-state index < -0.39 is 0 Å². The van der Waals surface area contributed by atoms with Crippen molar-refractivity contribution in [3.63, 3.8) is 0 Å². The molecule has 1 aliphatic carbocycles. The maximum absolute atomic E-state index is 13.3. The predicted molar refractivity (Wildman–Crippen MR) is 83.2 cm³/mol. The number of hydrogen-bond donors (Lipinski definition) is 0. The molecule has 3 atom stereocenters. The molecule has 2 rings (SSSR count). The van der Waals surface area contributed by atoms with Gasteiger partial charge in [0.25, 0.3) is 0 Å². The summed E-state index contributed by atoms with van der Waals surface area (Å²) in [5, 5.41) is 0.239. The second-order valence-corrected chi connectivity index (χ2v) is 7.10. The SMILES string of the molecule is CCCC1CCC(Cl)C(Cc2cc(F)ccc2Br)C1. The van der Waals surface area contributed by atoms with Crippen molar-refractivity contribution >= 4 is 27.5 Å². The molecule has 1 saturated carbocycles. The van der Waals surface area contributed by atoms with E-state index in [1.54, 1.807) is 12.1 Å². The number of benzene rings is 1. The molecule has 0 bridgehead atoms. The van der Waals surface area contributed by atoms with E-state index in [0.717, 1.165) is 28.8 Å². The molecule has 1 aromatic carbocycles. The van der Waals surface area contributed by atoms with E-state index in [1.165, 1.54) is 31.7 Å². The maximum atomic E-state index is 13.3. The fourth-order valence-corrected chi connectivity index (χ4v) is 3.91. The Morgan fingerprint density at radius 1 is 1.37 bits per heavy atom. The van der Waals surface area contributed by atoms with Crippen LogP contribution in [-0.2, 0) is 6.42 Å². The van der Waals surface area contributed by atoms with E-state index in [2.05, 4.69) is 22.9 Å². The van der Waals surface area contributed by atoms with E-state index in [0.29, 0.717) is 5.92 Å². The Balaban J connectivity index is 2.05. The Hall–Kier alpha value is -0.0800. The number of hydrogen-bond acceptors (Lipinski definition) is 0. The third kappa shape index (κ3) is 4.19. The van der Waals surface area contributed by atoms with Gasteiger partial charge in [-0.1, -0.05) is 35.7 Å². The molecule has 1 aliphatic rings. The van der Waals surface area contributed by atoms with Crippen LogP contribution in [-0.4, -0.2) is 5.38 Å². The fraction of sp³-hybridized carbons (Fsp3) is 0.625. The summed E-state index contributed by atoms with van der Waals surface area (Å²) < 4.78 is 14.3. The van der Waals surface area contributed by atoms with E-state index in [4.69, 9.17) is 11.6 Å². The van der Waals surface area contributed by atoms with Gasteiger partial charge in [0.2, 0.25) is 0 Å². The highest BCUT2D eigenvalue weighted by atomic mass is 79.9. The molecule has 0 amide bonds. The van der Waals surface area contributed by atoms with Crippen LogP contribution in [0.1, 0.15) is 44.6 Å². The summed E-state index contributed by atoms with van der Waals surface area (Å²) in [4.78, 5) is 0. The largest absolute Gasteiger partial charge is 0.207 e. The normalized spacial score (nSPS) is 27.5.